The third kappa shape index (κ3) is 5.30. The first-order valence-corrected chi connectivity index (χ1v) is 7.88. The summed E-state index contributed by atoms with van der Waals surface area (Å²) in [6, 6.07) is 12.1. The largest absolute Gasteiger partial charge is 0.491 e. The molecular weight excluding hydrogens is 405 g/mol. The Morgan fingerprint density at radius 3 is 2.62 bits per heavy atom. The second kappa shape index (κ2) is 7.77. The van der Waals surface area contributed by atoms with Crippen LogP contribution in [0.4, 0.5) is 10.1 Å². The van der Waals surface area contributed by atoms with Gasteiger partial charge in [-0.2, -0.15) is 0 Å². The van der Waals surface area contributed by atoms with Crippen LogP contribution in [0.1, 0.15) is 0 Å². The molecule has 2 aromatic rings. The molecule has 1 atom stereocenters. The first-order valence-electron chi connectivity index (χ1n) is 6.30. The number of aliphatic hydroxyl groups excluding tert-OH is 1. The minimum absolute atomic E-state index is 0.127. The fourth-order valence-corrected chi connectivity index (χ4v) is 2.38. The van der Waals surface area contributed by atoms with E-state index in [4.69, 9.17) is 4.74 Å². The van der Waals surface area contributed by atoms with Gasteiger partial charge in [-0.3, -0.25) is 0 Å². The van der Waals surface area contributed by atoms with Crippen LogP contribution in [-0.2, 0) is 0 Å². The number of halogens is 3. The molecule has 3 nitrogen and oxygen atoms in total. The number of benzene rings is 2. The van der Waals surface area contributed by atoms with Gasteiger partial charge in [-0.05, 0) is 36.4 Å². The highest BCUT2D eigenvalue weighted by Gasteiger charge is 2.08. The summed E-state index contributed by atoms with van der Waals surface area (Å²) in [7, 11) is 0. The number of rotatable bonds is 6. The van der Waals surface area contributed by atoms with Gasteiger partial charge in [0.2, 0.25) is 0 Å². The van der Waals surface area contributed by atoms with E-state index in [1.807, 2.05) is 18.2 Å². The van der Waals surface area contributed by atoms with Crippen molar-refractivity contribution in [3.8, 4) is 5.75 Å². The summed E-state index contributed by atoms with van der Waals surface area (Å²) in [6.07, 6.45) is -0.743. The zero-order valence-corrected chi connectivity index (χ0v) is 14.2. The number of nitrogens with one attached hydrogen (secondary N) is 1. The topological polar surface area (TPSA) is 41.5 Å². The summed E-state index contributed by atoms with van der Waals surface area (Å²) in [5.74, 6) is 0.294. The Morgan fingerprint density at radius 2 is 1.90 bits per heavy atom. The van der Waals surface area contributed by atoms with Gasteiger partial charge >= 0.3 is 0 Å². The number of hydrogen-bond donors (Lipinski definition) is 2. The number of anilines is 1. The summed E-state index contributed by atoms with van der Waals surface area (Å²) in [6.45, 7) is 0.328. The molecule has 0 aliphatic rings. The maximum Gasteiger partial charge on any atom is 0.147 e. The van der Waals surface area contributed by atoms with Crippen molar-refractivity contribution in [1.29, 1.82) is 0 Å². The van der Waals surface area contributed by atoms with Crippen molar-refractivity contribution in [1.82, 2.24) is 0 Å². The SMILES string of the molecule is OC(CNc1ccc(Br)cc1F)COc1cccc(Br)c1. The van der Waals surface area contributed by atoms with Crippen molar-refractivity contribution in [3.63, 3.8) is 0 Å². The molecule has 0 aliphatic carbocycles. The fraction of sp³-hybridized carbons (Fsp3) is 0.200. The molecule has 0 fully saturated rings. The van der Waals surface area contributed by atoms with E-state index in [0.717, 1.165) is 4.47 Å². The second-order valence-corrected chi connectivity index (χ2v) is 6.26. The van der Waals surface area contributed by atoms with E-state index in [1.165, 1.54) is 6.07 Å². The molecule has 2 aromatic carbocycles. The van der Waals surface area contributed by atoms with Crippen molar-refractivity contribution in [2.75, 3.05) is 18.5 Å². The van der Waals surface area contributed by atoms with Crippen LogP contribution in [0.25, 0.3) is 0 Å². The Hall–Kier alpha value is -1.11. The molecular formula is C15H14Br2FNO2. The van der Waals surface area contributed by atoms with Gasteiger partial charge in [0.1, 0.15) is 24.3 Å². The van der Waals surface area contributed by atoms with Gasteiger partial charge in [0.25, 0.3) is 0 Å². The normalized spacial score (nSPS) is 12.0. The molecule has 0 aliphatic heterocycles. The Kier molecular flexibility index (Phi) is 6.02. The Labute approximate surface area is 139 Å². The molecule has 0 spiro atoms. The van der Waals surface area contributed by atoms with E-state index in [9.17, 15) is 9.50 Å². The van der Waals surface area contributed by atoms with Gasteiger partial charge in [0.05, 0.1) is 5.69 Å². The molecule has 0 heterocycles. The third-order valence-corrected chi connectivity index (χ3v) is 3.68. The van der Waals surface area contributed by atoms with Gasteiger partial charge in [-0.25, -0.2) is 4.39 Å². The lowest BCUT2D eigenvalue weighted by Gasteiger charge is -2.14. The molecule has 6 heteroatoms. The van der Waals surface area contributed by atoms with E-state index >= 15 is 0 Å². The van der Waals surface area contributed by atoms with E-state index in [2.05, 4.69) is 37.2 Å². The van der Waals surface area contributed by atoms with Crippen LogP contribution in [0.15, 0.2) is 51.4 Å². The average Bonchev–Trinajstić information content (AvgIpc) is 2.44. The van der Waals surface area contributed by atoms with Crippen molar-refractivity contribution in [3.05, 3.63) is 57.2 Å². The van der Waals surface area contributed by atoms with Crippen molar-refractivity contribution < 1.29 is 14.2 Å². The predicted octanol–water partition coefficient (Wildman–Crippen LogP) is 4.20. The van der Waals surface area contributed by atoms with Crippen LogP contribution < -0.4 is 10.1 Å². The first kappa shape index (κ1) is 16.3. The summed E-state index contributed by atoms with van der Waals surface area (Å²) >= 11 is 6.54. The summed E-state index contributed by atoms with van der Waals surface area (Å²) < 4.78 is 20.6. The maximum atomic E-state index is 13.6. The van der Waals surface area contributed by atoms with Crippen LogP contribution in [0, 0.1) is 5.82 Å². The molecule has 0 aromatic heterocycles. The summed E-state index contributed by atoms with van der Waals surface area (Å²) in [4.78, 5) is 0. The lowest BCUT2D eigenvalue weighted by molar-refractivity contribution is 0.117. The van der Waals surface area contributed by atoms with E-state index in [-0.39, 0.29) is 19.0 Å². The number of hydrogen-bond acceptors (Lipinski definition) is 3. The highest BCUT2D eigenvalue weighted by Crippen LogP contribution is 2.20. The zero-order valence-electron chi connectivity index (χ0n) is 11.0. The predicted molar refractivity (Wildman–Crippen MR) is 88.2 cm³/mol. The van der Waals surface area contributed by atoms with Gasteiger partial charge < -0.3 is 15.2 Å². The Morgan fingerprint density at radius 1 is 1.14 bits per heavy atom. The summed E-state index contributed by atoms with van der Waals surface area (Å²) in [5.41, 5.74) is 0.347. The van der Waals surface area contributed by atoms with E-state index in [1.54, 1.807) is 18.2 Å². The first-order chi connectivity index (χ1) is 10.0. The molecule has 0 saturated heterocycles. The second-order valence-electron chi connectivity index (χ2n) is 4.43. The van der Waals surface area contributed by atoms with Crippen LogP contribution in [0.5, 0.6) is 5.75 Å². The third-order valence-electron chi connectivity index (χ3n) is 2.70. The maximum absolute atomic E-state index is 13.6. The molecule has 0 bridgehead atoms. The van der Waals surface area contributed by atoms with E-state index < -0.39 is 6.10 Å². The monoisotopic (exact) mass is 417 g/mol. The minimum atomic E-state index is -0.743. The highest BCUT2D eigenvalue weighted by atomic mass is 79.9. The Bertz CT molecular complexity index is 610. The van der Waals surface area contributed by atoms with Crippen LogP contribution in [0.3, 0.4) is 0 Å². The molecule has 2 N–H and O–H groups in total. The Balaban J connectivity index is 1.80. The van der Waals surface area contributed by atoms with Crippen molar-refractivity contribution >= 4 is 37.5 Å². The molecule has 2 rings (SSSR count). The number of ether oxygens (including phenoxy) is 1. The lowest BCUT2D eigenvalue weighted by atomic mass is 10.3. The zero-order chi connectivity index (χ0) is 15.2. The highest BCUT2D eigenvalue weighted by molar-refractivity contribution is 9.10. The van der Waals surface area contributed by atoms with Gasteiger partial charge in [-0.15, -0.1) is 0 Å². The number of aliphatic hydroxyl groups is 1. The van der Waals surface area contributed by atoms with Gasteiger partial charge in [0, 0.05) is 15.5 Å². The summed E-state index contributed by atoms with van der Waals surface area (Å²) in [5, 5.41) is 12.7. The van der Waals surface area contributed by atoms with Crippen LogP contribution in [-0.4, -0.2) is 24.4 Å². The molecule has 0 amide bonds. The lowest BCUT2D eigenvalue weighted by Crippen LogP contribution is -2.26. The minimum Gasteiger partial charge on any atom is -0.491 e. The van der Waals surface area contributed by atoms with E-state index in [0.29, 0.717) is 15.9 Å². The van der Waals surface area contributed by atoms with Crippen LogP contribution >= 0.6 is 31.9 Å². The standard InChI is InChI=1S/C15H14Br2FNO2/c16-10-2-1-3-13(6-10)21-9-12(20)8-19-15-5-4-11(17)7-14(15)18/h1-7,12,19-20H,8-9H2. The molecule has 1 unspecified atom stereocenters. The van der Waals surface area contributed by atoms with Gasteiger partial charge in [-0.1, -0.05) is 37.9 Å². The molecule has 112 valence electrons. The quantitative estimate of drug-likeness (QED) is 0.738. The van der Waals surface area contributed by atoms with Gasteiger partial charge in [0.15, 0.2) is 0 Å². The molecule has 21 heavy (non-hydrogen) atoms. The molecule has 0 saturated carbocycles. The van der Waals surface area contributed by atoms with Crippen LogP contribution in [0.2, 0.25) is 0 Å². The fourth-order valence-electron chi connectivity index (χ4n) is 1.67. The smallest absolute Gasteiger partial charge is 0.147 e. The van der Waals surface area contributed by atoms with Crippen molar-refractivity contribution in [2.24, 2.45) is 0 Å². The average molecular weight is 419 g/mol. The van der Waals surface area contributed by atoms with Crippen molar-refractivity contribution in [2.45, 2.75) is 6.10 Å². The molecule has 0 radical (unpaired) electrons.